The largest absolute Gasteiger partial charge is 0.389 e. The molecule has 0 aliphatic carbocycles. The lowest BCUT2D eigenvalue weighted by atomic mass is 10.0. The Morgan fingerprint density at radius 2 is 1.88 bits per heavy atom. The lowest BCUT2D eigenvalue weighted by Gasteiger charge is -2.26. The molecule has 2 heterocycles. The van der Waals surface area contributed by atoms with E-state index >= 15 is 0 Å². The third-order valence-corrected chi connectivity index (χ3v) is 4.88. The van der Waals surface area contributed by atoms with Gasteiger partial charge in [-0.15, -0.1) is 5.10 Å². The maximum absolute atomic E-state index is 10.0. The topological polar surface area (TPSA) is 54.2 Å². The molecule has 1 unspecified atom stereocenters. The molecule has 128 valence electrons. The predicted octanol–water partition coefficient (Wildman–Crippen LogP) is 4.11. The second-order valence-corrected chi connectivity index (χ2v) is 6.76. The molecule has 4 rings (SSSR count). The van der Waals surface area contributed by atoms with Crippen LogP contribution in [0.3, 0.4) is 0 Å². The molecule has 1 atom stereocenters. The van der Waals surface area contributed by atoms with E-state index in [1.165, 1.54) is 0 Å². The molecule has 25 heavy (non-hydrogen) atoms. The van der Waals surface area contributed by atoms with E-state index in [0.717, 1.165) is 47.0 Å². The summed E-state index contributed by atoms with van der Waals surface area (Å²) in [6, 6.07) is 13.9. The molecule has 1 aliphatic heterocycles. The number of aromatic nitrogens is 3. The minimum Gasteiger partial charge on any atom is -0.389 e. The van der Waals surface area contributed by atoms with Gasteiger partial charge in [-0.2, -0.15) is 0 Å². The summed E-state index contributed by atoms with van der Waals surface area (Å²) in [5.74, 6) is 0. The number of halogens is 1. The van der Waals surface area contributed by atoms with Gasteiger partial charge in [-0.25, -0.2) is 4.68 Å². The smallest absolute Gasteiger partial charge is 0.0936 e. The van der Waals surface area contributed by atoms with Crippen molar-refractivity contribution in [2.24, 2.45) is 0 Å². The lowest BCUT2D eigenvalue weighted by molar-refractivity contribution is 0.199. The summed E-state index contributed by atoms with van der Waals surface area (Å²) in [6.45, 7) is 5.25. The Bertz CT molecular complexity index is 918. The van der Waals surface area contributed by atoms with Crippen LogP contribution < -0.4 is 4.90 Å². The highest BCUT2D eigenvalue weighted by Gasteiger charge is 2.24. The second-order valence-electron chi connectivity index (χ2n) is 6.33. The van der Waals surface area contributed by atoms with Gasteiger partial charge < -0.3 is 10.0 Å². The Morgan fingerprint density at radius 1 is 1.12 bits per heavy atom. The summed E-state index contributed by atoms with van der Waals surface area (Å²) < 4.78 is 1.95. The van der Waals surface area contributed by atoms with Crippen LogP contribution in [0.15, 0.2) is 42.5 Å². The van der Waals surface area contributed by atoms with Gasteiger partial charge in [0.1, 0.15) is 0 Å². The number of hydrogen-bond donors (Lipinski definition) is 1. The normalized spacial score (nSPS) is 14.6. The molecule has 0 saturated heterocycles. The zero-order valence-electron chi connectivity index (χ0n) is 14.1. The first-order chi connectivity index (χ1) is 12.0. The first-order valence-corrected chi connectivity index (χ1v) is 8.68. The van der Waals surface area contributed by atoms with Crippen LogP contribution in [0.4, 0.5) is 11.4 Å². The lowest BCUT2D eigenvalue weighted by Crippen LogP contribution is -2.21. The fraction of sp³-hybridized carbons (Fsp3) is 0.263. The van der Waals surface area contributed by atoms with Gasteiger partial charge in [-0.05, 0) is 49.7 Å². The fourth-order valence-corrected chi connectivity index (χ4v) is 3.45. The van der Waals surface area contributed by atoms with Crippen molar-refractivity contribution >= 4 is 23.0 Å². The Balaban J connectivity index is 1.93. The first kappa shape index (κ1) is 16.1. The van der Waals surface area contributed by atoms with Gasteiger partial charge in [-0.3, -0.25) is 0 Å². The Kier molecular flexibility index (Phi) is 3.98. The molecule has 0 bridgehead atoms. The molecule has 0 saturated carbocycles. The number of aryl methyl sites for hydroxylation is 1. The van der Waals surface area contributed by atoms with Crippen molar-refractivity contribution in [3.8, 4) is 11.3 Å². The summed E-state index contributed by atoms with van der Waals surface area (Å²) in [6.07, 6.45) is -0.523. The van der Waals surface area contributed by atoms with E-state index in [9.17, 15) is 5.11 Å². The van der Waals surface area contributed by atoms with Crippen molar-refractivity contribution in [3.63, 3.8) is 0 Å². The highest BCUT2D eigenvalue weighted by molar-refractivity contribution is 6.30. The Morgan fingerprint density at radius 3 is 2.60 bits per heavy atom. The molecular weight excluding hydrogens is 336 g/mol. The SMILES string of the molecule is Cc1nnn2c1-c1ccc(C(C)O)cc1N(c1ccc(Cl)cc1)CC2. The highest BCUT2D eigenvalue weighted by Crippen LogP contribution is 2.40. The summed E-state index contributed by atoms with van der Waals surface area (Å²) >= 11 is 6.05. The number of rotatable bonds is 2. The summed E-state index contributed by atoms with van der Waals surface area (Å²) in [7, 11) is 0. The quantitative estimate of drug-likeness (QED) is 0.752. The number of anilines is 2. The number of fused-ring (bicyclic) bond motifs is 3. The van der Waals surface area contributed by atoms with Crippen LogP contribution in [0.1, 0.15) is 24.3 Å². The number of hydrogen-bond acceptors (Lipinski definition) is 4. The standard InChI is InChI=1S/C19H19ClN4O/c1-12-19-17-8-3-14(13(2)25)11-18(17)23(9-10-24(19)22-21-12)16-6-4-15(20)5-7-16/h3-8,11,13,25H,9-10H2,1-2H3. The van der Waals surface area contributed by atoms with Gasteiger partial charge in [0.2, 0.25) is 0 Å². The molecule has 0 amide bonds. The Hall–Kier alpha value is -2.37. The summed E-state index contributed by atoms with van der Waals surface area (Å²) in [5.41, 5.74) is 6.00. The zero-order valence-corrected chi connectivity index (χ0v) is 14.9. The van der Waals surface area contributed by atoms with Crippen LogP contribution in [-0.2, 0) is 6.54 Å². The van der Waals surface area contributed by atoms with Gasteiger partial charge >= 0.3 is 0 Å². The van der Waals surface area contributed by atoms with Gasteiger partial charge in [-0.1, -0.05) is 28.9 Å². The number of aliphatic hydroxyl groups excluding tert-OH is 1. The molecule has 1 N–H and O–H groups in total. The highest BCUT2D eigenvalue weighted by atomic mass is 35.5. The first-order valence-electron chi connectivity index (χ1n) is 8.30. The van der Waals surface area contributed by atoms with E-state index in [1.807, 2.05) is 48.0 Å². The number of nitrogens with zero attached hydrogens (tertiary/aromatic N) is 4. The van der Waals surface area contributed by atoms with Crippen molar-refractivity contribution in [3.05, 3.63) is 58.7 Å². The minimum absolute atomic E-state index is 0.523. The summed E-state index contributed by atoms with van der Waals surface area (Å²) in [4.78, 5) is 2.24. The molecule has 2 aromatic carbocycles. The summed E-state index contributed by atoms with van der Waals surface area (Å²) in [5, 5.41) is 19.3. The maximum Gasteiger partial charge on any atom is 0.0936 e. The van der Waals surface area contributed by atoms with Crippen LogP contribution in [0.25, 0.3) is 11.3 Å². The molecule has 5 nitrogen and oxygen atoms in total. The van der Waals surface area contributed by atoms with Crippen molar-refractivity contribution < 1.29 is 5.11 Å². The fourth-order valence-electron chi connectivity index (χ4n) is 3.33. The van der Waals surface area contributed by atoms with Gasteiger partial charge in [0, 0.05) is 22.8 Å². The molecule has 0 fully saturated rings. The third-order valence-electron chi connectivity index (χ3n) is 4.63. The van der Waals surface area contributed by atoms with Crippen molar-refractivity contribution in [2.45, 2.75) is 26.5 Å². The molecule has 1 aromatic heterocycles. The predicted molar refractivity (Wildman–Crippen MR) is 99.3 cm³/mol. The van der Waals surface area contributed by atoms with Crippen LogP contribution in [-0.4, -0.2) is 26.6 Å². The molecule has 0 spiro atoms. The van der Waals surface area contributed by atoms with Crippen molar-refractivity contribution in [2.75, 3.05) is 11.4 Å². The van der Waals surface area contributed by atoms with E-state index in [0.29, 0.717) is 5.02 Å². The van der Waals surface area contributed by atoms with E-state index in [1.54, 1.807) is 6.92 Å². The van der Waals surface area contributed by atoms with E-state index in [4.69, 9.17) is 11.6 Å². The van der Waals surface area contributed by atoms with E-state index in [2.05, 4.69) is 21.3 Å². The van der Waals surface area contributed by atoms with E-state index < -0.39 is 6.10 Å². The molecular formula is C19H19ClN4O. The third kappa shape index (κ3) is 2.79. The van der Waals surface area contributed by atoms with Crippen molar-refractivity contribution in [1.29, 1.82) is 0 Å². The second kappa shape index (κ2) is 6.17. The van der Waals surface area contributed by atoms with Crippen LogP contribution in [0, 0.1) is 6.92 Å². The average Bonchev–Trinajstić information content (AvgIpc) is 2.88. The van der Waals surface area contributed by atoms with Gasteiger partial charge in [0.25, 0.3) is 0 Å². The monoisotopic (exact) mass is 354 g/mol. The number of aliphatic hydroxyl groups is 1. The van der Waals surface area contributed by atoms with Crippen LogP contribution in [0.5, 0.6) is 0 Å². The molecule has 3 aromatic rings. The molecule has 6 heteroatoms. The van der Waals surface area contributed by atoms with Gasteiger partial charge in [0.15, 0.2) is 0 Å². The minimum atomic E-state index is -0.523. The molecule has 1 aliphatic rings. The maximum atomic E-state index is 10.0. The van der Waals surface area contributed by atoms with Gasteiger partial charge in [0.05, 0.1) is 29.7 Å². The average molecular weight is 355 g/mol. The van der Waals surface area contributed by atoms with E-state index in [-0.39, 0.29) is 0 Å². The zero-order chi connectivity index (χ0) is 17.6. The Labute approximate surface area is 151 Å². The van der Waals surface area contributed by atoms with Crippen LogP contribution >= 0.6 is 11.6 Å². The van der Waals surface area contributed by atoms with Crippen molar-refractivity contribution in [1.82, 2.24) is 15.0 Å². The molecule has 0 radical (unpaired) electrons. The number of benzene rings is 2. The van der Waals surface area contributed by atoms with Crippen LogP contribution in [0.2, 0.25) is 5.02 Å².